The molecule has 0 amide bonds. The third-order valence-electron chi connectivity index (χ3n) is 7.56. The Morgan fingerprint density at radius 2 is 0.425 bits per heavy atom. The van der Waals surface area contributed by atoms with Crippen molar-refractivity contribution in [2.24, 2.45) is 0 Å². The molecule has 0 N–H and O–H groups in total. The molecule has 0 aromatic heterocycles. The molecule has 0 aliphatic carbocycles. The van der Waals surface area contributed by atoms with Gasteiger partial charge >= 0.3 is 269 Å². The Morgan fingerprint density at radius 3 is 0.575 bits per heavy atom. The molecule has 0 radical (unpaired) electrons. The zero-order chi connectivity index (χ0) is 29.7. The Morgan fingerprint density at radius 1 is 0.275 bits per heavy atom. The van der Waals surface area contributed by atoms with E-state index in [0.29, 0.717) is 0 Å². The van der Waals surface area contributed by atoms with E-state index in [0.717, 1.165) is 28.2 Å². The third kappa shape index (κ3) is 8.50. The second kappa shape index (κ2) is 15.6. The van der Waals surface area contributed by atoms with Crippen LogP contribution in [0.4, 0.5) is 0 Å². The van der Waals surface area contributed by atoms with Crippen LogP contribution in [0.3, 0.4) is 0 Å². The fourth-order valence-electron chi connectivity index (χ4n) is 6.35. The van der Waals surface area contributed by atoms with E-state index in [9.17, 15) is 0 Å². The summed E-state index contributed by atoms with van der Waals surface area (Å²) in [7, 11) is 0. The van der Waals surface area contributed by atoms with Gasteiger partial charge in [0.1, 0.15) is 0 Å². The zero-order valence-corrected chi connectivity index (χ0v) is 34.7. The summed E-state index contributed by atoms with van der Waals surface area (Å²) >= 11 is -4.86. The summed E-state index contributed by atoms with van der Waals surface area (Å²) in [6, 6.07) is 30.2. The molecule has 0 unspecified atom stereocenters. The van der Waals surface area contributed by atoms with E-state index in [4.69, 9.17) is 0 Å². The van der Waals surface area contributed by atoms with Gasteiger partial charge in [-0.05, 0) is 0 Å². The van der Waals surface area contributed by atoms with Crippen molar-refractivity contribution >= 4 is 84.7 Å². The predicted octanol–water partition coefficient (Wildman–Crippen LogP) is 6.77. The molecule has 0 saturated carbocycles. The quantitative estimate of drug-likeness (QED) is 0.178. The molecule has 40 heavy (non-hydrogen) atoms. The molecular weight excluding hydrogens is 732 g/mol. The summed E-state index contributed by atoms with van der Waals surface area (Å²) in [5, 5.41) is 0. The molecule has 0 aliphatic rings. The van der Waals surface area contributed by atoms with Gasteiger partial charge in [-0.2, -0.15) is 0 Å². The zero-order valence-electron chi connectivity index (χ0n) is 27.2. The summed E-state index contributed by atoms with van der Waals surface area (Å²) in [6.07, 6.45) is 0. The SMILES string of the molecule is CC(C)[As](c1ccc([As](c2ccc([As](C(C)C)C(C)C)cc2)c2ccc([As](C(C)C)C(C)C)cc2)cc1)C(C)C. The Balaban J connectivity index is 2.08. The van der Waals surface area contributed by atoms with E-state index in [2.05, 4.69) is 156 Å². The number of hydrogen-bond acceptors (Lipinski definition) is 0. The van der Waals surface area contributed by atoms with Gasteiger partial charge in [0, 0.05) is 0 Å². The van der Waals surface area contributed by atoms with Crippen LogP contribution in [0.1, 0.15) is 83.1 Å². The van der Waals surface area contributed by atoms with Crippen molar-refractivity contribution in [1.82, 2.24) is 0 Å². The second-order valence-corrected chi connectivity index (χ2v) is 38.7. The summed E-state index contributed by atoms with van der Waals surface area (Å²) < 4.78 is 14.4. The van der Waals surface area contributed by atoms with Crippen molar-refractivity contribution in [1.29, 1.82) is 0 Å². The van der Waals surface area contributed by atoms with Crippen LogP contribution in [0.5, 0.6) is 0 Å². The minimum atomic E-state index is -1.66. The Labute approximate surface area is 266 Å². The fraction of sp³-hybridized carbons (Fsp3) is 0.500. The molecule has 0 spiro atoms. The van der Waals surface area contributed by atoms with Crippen molar-refractivity contribution in [2.45, 2.75) is 111 Å². The van der Waals surface area contributed by atoms with Crippen molar-refractivity contribution in [2.75, 3.05) is 0 Å². The van der Waals surface area contributed by atoms with Gasteiger partial charge in [0.15, 0.2) is 0 Å². The van der Waals surface area contributed by atoms with Gasteiger partial charge < -0.3 is 0 Å². The molecular formula is C36H54As4. The second-order valence-electron chi connectivity index (χ2n) is 12.7. The molecule has 218 valence electrons. The molecule has 0 heterocycles. The van der Waals surface area contributed by atoms with Gasteiger partial charge in [-0.15, -0.1) is 0 Å². The van der Waals surface area contributed by atoms with E-state index >= 15 is 0 Å². The van der Waals surface area contributed by atoms with Gasteiger partial charge in [-0.1, -0.05) is 0 Å². The van der Waals surface area contributed by atoms with E-state index in [1.165, 1.54) is 0 Å². The number of rotatable bonds is 12. The standard InChI is InChI=1S/C36H54As4/c1-25(2)37(26(3)4)31-13-19-34(20-14-31)40(35-21-15-32(16-22-35)38(27(5)6)28(7)8)36-23-17-33(18-24-36)39(29(9)10)30(11)12/h13-30H,1-12H3. The van der Waals surface area contributed by atoms with Gasteiger partial charge in [0.25, 0.3) is 0 Å². The Bertz CT molecular complexity index is 984. The maximum absolute atomic E-state index is 2.52. The number of benzene rings is 3. The summed E-state index contributed by atoms with van der Waals surface area (Å²) in [4.78, 5) is 0. The normalized spacial score (nSPS) is 12.8. The van der Waals surface area contributed by atoms with Crippen LogP contribution in [-0.2, 0) is 0 Å². The molecule has 0 fully saturated rings. The van der Waals surface area contributed by atoms with Crippen molar-refractivity contribution in [3.63, 3.8) is 0 Å². The van der Waals surface area contributed by atoms with Crippen molar-refractivity contribution < 1.29 is 0 Å². The molecule has 0 aliphatic heterocycles. The first-order valence-corrected chi connectivity index (χ1v) is 27.4. The first-order valence-electron chi connectivity index (χ1n) is 15.3. The van der Waals surface area contributed by atoms with Gasteiger partial charge in [0.05, 0.1) is 0 Å². The average molecular weight is 787 g/mol. The molecule has 4 heteroatoms. The van der Waals surface area contributed by atoms with Crippen LogP contribution in [0.15, 0.2) is 72.8 Å². The van der Waals surface area contributed by atoms with E-state index in [1.807, 2.05) is 0 Å². The van der Waals surface area contributed by atoms with Crippen LogP contribution in [-0.4, -0.2) is 58.6 Å². The van der Waals surface area contributed by atoms with Crippen molar-refractivity contribution in [3.05, 3.63) is 72.8 Å². The molecule has 0 bridgehead atoms. The monoisotopic (exact) mass is 786 g/mol. The Hall–Kier alpha value is -0.106. The van der Waals surface area contributed by atoms with E-state index in [-0.39, 0.29) is 0 Å². The summed E-state index contributed by atoms with van der Waals surface area (Å²) in [5.41, 5.74) is 0. The fourth-order valence-corrected chi connectivity index (χ4v) is 29.2. The van der Waals surface area contributed by atoms with Crippen molar-refractivity contribution in [3.8, 4) is 0 Å². The molecule has 3 aromatic rings. The average Bonchev–Trinajstić information content (AvgIpc) is 2.86. The topological polar surface area (TPSA) is 0 Å². The van der Waals surface area contributed by atoms with Crippen LogP contribution in [0, 0.1) is 0 Å². The number of hydrogen-bond donors (Lipinski definition) is 0. The molecule has 0 saturated heterocycles. The summed E-state index contributed by atoms with van der Waals surface area (Å²) in [6.45, 7) is 29.2. The van der Waals surface area contributed by atoms with Crippen LogP contribution >= 0.6 is 0 Å². The van der Waals surface area contributed by atoms with E-state index < -0.39 is 58.6 Å². The van der Waals surface area contributed by atoms with Gasteiger partial charge in [-0.25, -0.2) is 0 Å². The van der Waals surface area contributed by atoms with Crippen LogP contribution < -0.4 is 26.1 Å². The molecule has 3 aromatic carbocycles. The first kappa shape index (κ1) is 34.4. The van der Waals surface area contributed by atoms with Gasteiger partial charge in [-0.3, -0.25) is 0 Å². The third-order valence-corrected chi connectivity index (χ3v) is 32.3. The maximum atomic E-state index is 2.52. The van der Waals surface area contributed by atoms with Crippen LogP contribution in [0.25, 0.3) is 0 Å². The van der Waals surface area contributed by atoms with E-state index in [1.54, 1.807) is 26.1 Å². The molecule has 0 atom stereocenters. The molecule has 0 nitrogen and oxygen atoms in total. The first-order chi connectivity index (χ1) is 18.8. The Kier molecular flexibility index (Phi) is 13.4. The van der Waals surface area contributed by atoms with Gasteiger partial charge in [0.2, 0.25) is 0 Å². The predicted molar refractivity (Wildman–Crippen MR) is 191 cm³/mol. The summed E-state index contributed by atoms with van der Waals surface area (Å²) in [5.74, 6) is 0. The molecule has 3 rings (SSSR count). The van der Waals surface area contributed by atoms with Crippen LogP contribution in [0.2, 0.25) is 28.2 Å². The minimum absolute atomic E-state index is 0.797.